The highest BCUT2D eigenvalue weighted by Crippen LogP contribution is 2.25. The summed E-state index contributed by atoms with van der Waals surface area (Å²) in [4.78, 5) is 25.1. The average Bonchev–Trinajstić information content (AvgIpc) is 2.79. The van der Waals surface area contributed by atoms with Crippen LogP contribution in [0.5, 0.6) is 0 Å². The predicted octanol–water partition coefficient (Wildman–Crippen LogP) is 1.20. The van der Waals surface area contributed by atoms with Crippen LogP contribution in [0.3, 0.4) is 0 Å². The molecule has 0 radical (unpaired) electrons. The third-order valence-electron chi connectivity index (χ3n) is 3.22. The fourth-order valence-corrected chi connectivity index (χ4v) is 2.26. The fourth-order valence-electron chi connectivity index (χ4n) is 2.26. The Labute approximate surface area is 104 Å². The summed E-state index contributed by atoms with van der Waals surface area (Å²) in [6, 6.07) is 0. The van der Waals surface area contributed by atoms with Gasteiger partial charge in [0.1, 0.15) is 5.78 Å². The second-order valence-corrected chi connectivity index (χ2v) is 4.97. The third kappa shape index (κ3) is 5.31. The molecule has 0 spiro atoms. The van der Waals surface area contributed by atoms with E-state index >= 15 is 0 Å². The van der Waals surface area contributed by atoms with Gasteiger partial charge >= 0.3 is 0 Å². The molecule has 1 rings (SSSR count). The third-order valence-corrected chi connectivity index (χ3v) is 3.22. The molecule has 1 aliphatic carbocycles. The first-order valence-electron chi connectivity index (χ1n) is 6.61. The molecule has 1 amide bonds. The number of ketones is 1. The number of amides is 1. The van der Waals surface area contributed by atoms with Crippen molar-refractivity contribution in [2.45, 2.75) is 39.0 Å². The van der Waals surface area contributed by atoms with Crippen molar-refractivity contribution in [1.82, 2.24) is 10.2 Å². The van der Waals surface area contributed by atoms with Crippen LogP contribution < -0.4 is 5.32 Å². The maximum atomic E-state index is 11.9. The van der Waals surface area contributed by atoms with E-state index in [4.69, 9.17) is 0 Å². The van der Waals surface area contributed by atoms with Gasteiger partial charge in [0.05, 0.1) is 13.1 Å². The molecule has 17 heavy (non-hydrogen) atoms. The summed E-state index contributed by atoms with van der Waals surface area (Å²) >= 11 is 0. The van der Waals surface area contributed by atoms with Crippen LogP contribution in [0.2, 0.25) is 0 Å². The lowest BCUT2D eigenvalue weighted by molar-refractivity contribution is -0.125. The van der Waals surface area contributed by atoms with Gasteiger partial charge in [-0.2, -0.15) is 0 Å². The molecule has 4 nitrogen and oxygen atoms in total. The van der Waals surface area contributed by atoms with Gasteiger partial charge in [-0.1, -0.05) is 19.8 Å². The second-order valence-electron chi connectivity index (χ2n) is 4.97. The maximum Gasteiger partial charge on any atom is 0.234 e. The minimum absolute atomic E-state index is 0.00794. The molecule has 0 unspecified atom stereocenters. The van der Waals surface area contributed by atoms with Crippen molar-refractivity contribution in [3.8, 4) is 0 Å². The standard InChI is InChI=1S/C13H24N2O2/c1-3-8-14-13(17)10-15(2)9-12(16)11-6-4-5-7-11/h11H,3-10H2,1-2H3,(H,14,17). The molecule has 0 aromatic rings. The Kier molecular flexibility index (Phi) is 6.19. The molecule has 1 aliphatic rings. The van der Waals surface area contributed by atoms with Crippen molar-refractivity contribution in [2.24, 2.45) is 5.92 Å². The molecular weight excluding hydrogens is 216 g/mol. The Balaban J connectivity index is 2.21. The van der Waals surface area contributed by atoms with Crippen LogP contribution in [0.15, 0.2) is 0 Å². The van der Waals surface area contributed by atoms with Gasteiger partial charge in [0, 0.05) is 12.5 Å². The monoisotopic (exact) mass is 240 g/mol. The van der Waals surface area contributed by atoms with Crippen molar-refractivity contribution in [1.29, 1.82) is 0 Å². The Morgan fingerprint density at radius 1 is 1.24 bits per heavy atom. The van der Waals surface area contributed by atoms with Gasteiger partial charge in [0.2, 0.25) is 5.91 Å². The maximum absolute atomic E-state index is 11.9. The van der Waals surface area contributed by atoms with Gasteiger partial charge < -0.3 is 5.32 Å². The number of rotatable bonds is 7. The van der Waals surface area contributed by atoms with E-state index in [1.54, 1.807) is 0 Å². The number of likely N-dealkylation sites (N-methyl/N-ethyl adjacent to an activating group) is 1. The molecule has 1 saturated carbocycles. The van der Waals surface area contributed by atoms with Crippen molar-refractivity contribution in [3.05, 3.63) is 0 Å². The Bertz CT molecular complexity index is 260. The predicted molar refractivity (Wildman–Crippen MR) is 67.8 cm³/mol. The number of carbonyl (C=O) groups is 2. The first-order chi connectivity index (χ1) is 8.13. The summed E-state index contributed by atoms with van der Waals surface area (Å²) in [5.74, 6) is 0.554. The summed E-state index contributed by atoms with van der Waals surface area (Å²) in [6.07, 6.45) is 5.37. The fraction of sp³-hybridized carbons (Fsp3) is 0.846. The second kappa shape index (κ2) is 7.43. The number of nitrogens with zero attached hydrogens (tertiary/aromatic N) is 1. The van der Waals surface area contributed by atoms with Crippen LogP contribution in [-0.4, -0.2) is 43.3 Å². The molecule has 0 bridgehead atoms. The normalized spacial score (nSPS) is 16.4. The molecule has 0 aromatic heterocycles. The van der Waals surface area contributed by atoms with Gasteiger partial charge in [-0.3, -0.25) is 14.5 Å². The lowest BCUT2D eigenvalue weighted by atomic mass is 10.0. The van der Waals surface area contributed by atoms with E-state index in [0.29, 0.717) is 25.4 Å². The zero-order valence-corrected chi connectivity index (χ0v) is 11.0. The molecule has 0 atom stereocenters. The average molecular weight is 240 g/mol. The van der Waals surface area contributed by atoms with Crippen molar-refractivity contribution >= 4 is 11.7 Å². The minimum atomic E-state index is 0.00794. The molecular formula is C13H24N2O2. The van der Waals surface area contributed by atoms with Crippen LogP contribution in [-0.2, 0) is 9.59 Å². The highest BCUT2D eigenvalue weighted by Gasteiger charge is 2.23. The van der Waals surface area contributed by atoms with Crippen LogP contribution in [0, 0.1) is 5.92 Å². The molecule has 0 heterocycles. The van der Waals surface area contributed by atoms with E-state index in [2.05, 4.69) is 5.32 Å². The molecule has 0 aromatic carbocycles. The molecule has 1 fully saturated rings. The van der Waals surface area contributed by atoms with Gasteiger partial charge in [0.25, 0.3) is 0 Å². The van der Waals surface area contributed by atoms with Gasteiger partial charge in [-0.25, -0.2) is 0 Å². The molecule has 0 aliphatic heterocycles. The summed E-state index contributed by atoms with van der Waals surface area (Å²) < 4.78 is 0. The van der Waals surface area contributed by atoms with Gasteiger partial charge in [-0.05, 0) is 26.3 Å². The summed E-state index contributed by atoms with van der Waals surface area (Å²) in [5.41, 5.74) is 0. The molecule has 1 N–H and O–H groups in total. The van der Waals surface area contributed by atoms with Crippen LogP contribution in [0.25, 0.3) is 0 Å². The number of nitrogens with one attached hydrogen (secondary N) is 1. The van der Waals surface area contributed by atoms with Crippen LogP contribution in [0.1, 0.15) is 39.0 Å². The zero-order chi connectivity index (χ0) is 12.7. The van der Waals surface area contributed by atoms with E-state index in [1.807, 2.05) is 18.9 Å². The molecule has 4 heteroatoms. The van der Waals surface area contributed by atoms with Crippen molar-refractivity contribution in [2.75, 3.05) is 26.7 Å². The topological polar surface area (TPSA) is 49.4 Å². The number of hydrogen-bond donors (Lipinski definition) is 1. The minimum Gasteiger partial charge on any atom is -0.355 e. The Morgan fingerprint density at radius 3 is 2.47 bits per heavy atom. The zero-order valence-electron chi connectivity index (χ0n) is 11.0. The van der Waals surface area contributed by atoms with E-state index in [0.717, 1.165) is 19.3 Å². The van der Waals surface area contributed by atoms with Crippen LogP contribution >= 0.6 is 0 Å². The highest BCUT2D eigenvalue weighted by atomic mass is 16.2. The van der Waals surface area contributed by atoms with E-state index in [9.17, 15) is 9.59 Å². The SMILES string of the molecule is CCCNC(=O)CN(C)CC(=O)C1CCCC1. The largest absolute Gasteiger partial charge is 0.355 e. The number of carbonyl (C=O) groups excluding carboxylic acids is 2. The van der Waals surface area contributed by atoms with Gasteiger partial charge in [-0.15, -0.1) is 0 Å². The summed E-state index contributed by atoms with van der Waals surface area (Å²) in [7, 11) is 1.83. The number of Topliss-reactive ketones (excluding diaryl/α,β-unsaturated/α-hetero) is 1. The van der Waals surface area contributed by atoms with Gasteiger partial charge in [0.15, 0.2) is 0 Å². The van der Waals surface area contributed by atoms with Crippen molar-refractivity contribution < 1.29 is 9.59 Å². The lowest BCUT2D eigenvalue weighted by Gasteiger charge is -2.17. The van der Waals surface area contributed by atoms with E-state index in [1.165, 1.54) is 12.8 Å². The lowest BCUT2D eigenvalue weighted by Crippen LogP contribution is -2.38. The van der Waals surface area contributed by atoms with E-state index in [-0.39, 0.29) is 11.8 Å². The summed E-state index contributed by atoms with van der Waals surface area (Å²) in [5, 5.41) is 2.81. The first-order valence-corrected chi connectivity index (χ1v) is 6.61. The number of hydrogen-bond acceptors (Lipinski definition) is 3. The Morgan fingerprint density at radius 2 is 1.88 bits per heavy atom. The smallest absolute Gasteiger partial charge is 0.234 e. The molecule has 0 saturated heterocycles. The summed E-state index contributed by atoms with van der Waals surface area (Å²) in [6.45, 7) is 3.46. The first kappa shape index (κ1) is 14.2. The quantitative estimate of drug-likeness (QED) is 0.727. The van der Waals surface area contributed by atoms with Crippen LogP contribution in [0.4, 0.5) is 0 Å². The Hall–Kier alpha value is -0.900. The van der Waals surface area contributed by atoms with E-state index < -0.39 is 0 Å². The highest BCUT2D eigenvalue weighted by molar-refractivity contribution is 5.84. The van der Waals surface area contributed by atoms with Crippen molar-refractivity contribution in [3.63, 3.8) is 0 Å². The molecule has 98 valence electrons.